The summed E-state index contributed by atoms with van der Waals surface area (Å²) in [5.74, 6) is 0.652. The highest BCUT2D eigenvalue weighted by Gasteiger charge is 2.32. The molecule has 0 aliphatic carbocycles. The van der Waals surface area contributed by atoms with Gasteiger partial charge in [0.15, 0.2) is 0 Å². The van der Waals surface area contributed by atoms with Crippen molar-refractivity contribution in [3.63, 3.8) is 0 Å². The number of rotatable bonds is 7. The number of ether oxygens (including phenoxy) is 1. The van der Waals surface area contributed by atoms with Crippen molar-refractivity contribution in [1.29, 1.82) is 5.26 Å². The zero-order chi connectivity index (χ0) is 24.9. The van der Waals surface area contributed by atoms with Crippen LogP contribution in [0.15, 0.2) is 66.7 Å². The maximum Gasteiger partial charge on any atom is 0.121 e. The van der Waals surface area contributed by atoms with Crippen molar-refractivity contribution in [1.82, 2.24) is 4.90 Å². The van der Waals surface area contributed by atoms with Crippen LogP contribution in [0.3, 0.4) is 0 Å². The first-order valence-electron chi connectivity index (χ1n) is 12.0. The molecule has 0 unspecified atom stereocenters. The third kappa shape index (κ3) is 5.97. The quantitative estimate of drug-likeness (QED) is 0.447. The number of nitrogens with zero attached hydrogens (tertiary/aromatic N) is 3. The summed E-state index contributed by atoms with van der Waals surface area (Å²) in [5, 5.41) is 19.3. The van der Waals surface area contributed by atoms with Crippen LogP contribution in [-0.4, -0.2) is 42.4 Å². The second-order valence-corrected chi connectivity index (χ2v) is 9.71. The van der Waals surface area contributed by atoms with Gasteiger partial charge < -0.3 is 14.7 Å². The van der Waals surface area contributed by atoms with Crippen LogP contribution >= 0.6 is 11.6 Å². The van der Waals surface area contributed by atoms with Gasteiger partial charge in [0.25, 0.3) is 0 Å². The van der Waals surface area contributed by atoms with E-state index >= 15 is 0 Å². The first-order chi connectivity index (χ1) is 16.9. The van der Waals surface area contributed by atoms with Crippen LogP contribution in [0.4, 0.5) is 5.69 Å². The van der Waals surface area contributed by atoms with Crippen molar-refractivity contribution in [2.24, 2.45) is 0 Å². The fourth-order valence-corrected chi connectivity index (χ4v) is 4.87. The standard InChI is InChI=1S/C29H32ClN3O2/c1-20-4-8-25(9-5-20)29-18-32(22(3)24-10-6-23(17-31)7-11-24)14-15-33(29)28-13-12-26(16-27(28)30)35-19-21(2)34/h4-13,16,21-22,29,34H,14-15,18-19H2,1-3H3/t21-,22+,29-/m0/s1. The Labute approximate surface area is 213 Å². The highest BCUT2D eigenvalue weighted by Crippen LogP contribution is 2.38. The minimum absolute atomic E-state index is 0.131. The summed E-state index contributed by atoms with van der Waals surface area (Å²) < 4.78 is 5.65. The van der Waals surface area contributed by atoms with Crippen molar-refractivity contribution in [3.05, 3.63) is 94.0 Å². The molecule has 3 aromatic rings. The second kappa shape index (κ2) is 11.1. The van der Waals surface area contributed by atoms with Crippen molar-refractivity contribution < 1.29 is 9.84 Å². The smallest absolute Gasteiger partial charge is 0.121 e. The molecule has 4 rings (SSSR count). The zero-order valence-corrected chi connectivity index (χ0v) is 21.2. The molecule has 3 atom stereocenters. The van der Waals surface area contributed by atoms with Gasteiger partial charge in [0.05, 0.1) is 34.5 Å². The molecule has 0 amide bonds. The molecule has 1 aliphatic heterocycles. The summed E-state index contributed by atoms with van der Waals surface area (Å²) >= 11 is 6.76. The summed E-state index contributed by atoms with van der Waals surface area (Å²) in [6, 6.07) is 24.9. The van der Waals surface area contributed by atoms with E-state index in [4.69, 9.17) is 21.6 Å². The molecule has 1 heterocycles. The highest BCUT2D eigenvalue weighted by atomic mass is 35.5. The molecular weight excluding hydrogens is 458 g/mol. The predicted molar refractivity (Wildman–Crippen MR) is 141 cm³/mol. The van der Waals surface area contributed by atoms with Gasteiger partial charge in [0.1, 0.15) is 12.4 Å². The van der Waals surface area contributed by atoms with E-state index in [2.05, 4.69) is 66.1 Å². The van der Waals surface area contributed by atoms with Crippen LogP contribution in [0.1, 0.15) is 48.2 Å². The molecule has 35 heavy (non-hydrogen) atoms. The minimum atomic E-state index is -0.537. The summed E-state index contributed by atoms with van der Waals surface area (Å²) in [6.45, 7) is 8.82. The Morgan fingerprint density at radius 3 is 2.40 bits per heavy atom. The van der Waals surface area contributed by atoms with Crippen LogP contribution < -0.4 is 9.64 Å². The zero-order valence-electron chi connectivity index (χ0n) is 20.5. The highest BCUT2D eigenvalue weighted by molar-refractivity contribution is 6.33. The maximum atomic E-state index is 9.51. The van der Waals surface area contributed by atoms with Crippen LogP contribution in [0.25, 0.3) is 0 Å². The predicted octanol–water partition coefficient (Wildman–Crippen LogP) is 5.90. The molecule has 0 aromatic heterocycles. The number of piperazine rings is 1. The number of benzene rings is 3. The van der Waals surface area contributed by atoms with Crippen molar-refractivity contribution in [2.75, 3.05) is 31.1 Å². The summed E-state index contributed by atoms with van der Waals surface area (Å²) in [4.78, 5) is 4.88. The van der Waals surface area contributed by atoms with Crippen molar-refractivity contribution in [3.8, 4) is 11.8 Å². The lowest BCUT2D eigenvalue weighted by molar-refractivity contribution is 0.122. The third-order valence-corrected chi connectivity index (χ3v) is 6.97. The van der Waals surface area contributed by atoms with Crippen LogP contribution in [0.2, 0.25) is 5.02 Å². The Morgan fingerprint density at radius 2 is 1.77 bits per heavy atom. The van der Waals surface area contributed by atoms with Gasteiger partial charge in [0, 0.05) is 31.7 Å². The van der Waals surface area contributed by atoms with Crippen LogP contribution in [0, 0.1) is 18.3 Å². The van der Waals surface area contributed by atoms with Gasteiger partial charge in [-0.15, -0.1) is 0 Å². The van der Waals surface area contributed by atoms with Crippen LogP contribution in [0.5, 0.6) is 5.75 Å². The molecule has 182 valence electrons. The van der Waals surface area contributed by atoms with E-state index in [1.807, 2.05) is 30.3 Å². The van der Waals surface area contributed by atoms with Gasteiger partial charge in [0.2, 0.25) is 0 Å². The minimum Gasteiger partial charge on any atom is -0.491 e. The second-order valence-electron chi connectivity index (χ2n) is 9.30. The van der Waals surface area contributed by atoms with Crippen molar-refractivity contribution >= 4 is 17.3 Å². The molecule has 0 bridgehead atoms. The lowest BCUT2D eigenvalue weighted by atomic mass is 9.97. The molecule has 5 nitrogen and oxygen atoms in total. The average Bonchev–Trinajstić information content (AvgIpc) is 2.87. The molecule has 0 spiro atoms. The Kier molecular flexibility index (Phi) is 7.97. The SMILES string of the molecule is Cc1ccc([C@@H]2CN([C@H](C)c3ccc(C#N)cc3)CCN2c2ccc(OC[C@H](C)O)cc2Cl)cc1. The maximum absolute atomic E-state index is 9.51. The van der Waals surface area contributed by atoms with Gasteiger partial charge in [-0.1, -0.05) is 53.6 Å². The lowest BCUT2D eigenvalue weighted by Crippen LogP contribution is -2.49. The summed E-state index contributed by atoms with van der Waals surface area (Å²) in [5.41, 5.74) is 5.35. The monoisotopic (exact) mass is 489 g/mol. The average molecular weight is 490 g/mol. The third-order valence-electron chi connectivity index (χ3n) is 6.66. The van der Waals surface area contributed by atoms with Gasteiger partial charge in [-0.25, -0.2) is 0 Å². The van der Waals surface area contributed by atoms with Crippen molar-refractivity contribution in [2.45, 2.75) is 39.0 Å². The summed E-state index contributed by atoms with van der Waals surface area (Å²) in [7, 11) is 0. The number of hydrogen-bond acceptors (Lipinski definition) is 5. The molecular formula is C29H32ClN3O2. The molecule has 6 heteroatoms. The largest absolute Gasteiger partial charge is 0.491 e. The van der Waals surface area contributed by atoms with Gasteiger partial charge in [-0.2, -0.15) is 5.26 Å². The fourth-order valence-electron chi connectivity index (χ4n) is 4.59. The van der Waals surface area contributed by atoms with E-state index in [9.17, 15) is 5.11 Å². The molecule has 0 saturated carbocycles. The van der Waals surface area contributed by atoms with E-state index in [1.165, 1.54) is 16.7 Å². The number of anilines is 1. The number of aliphatic hydroxyl groups excluding tert-OH is 1. The number of hydrogen-bond donors (Lipinski definition) is 1. The Bertz CT molecular complexity index is 1170. The van der Waals surface area contributed by atoms with E-state index in [1.54, 1.807) is 6.92 Å². The normalized spacial score (nSPS) is 18.1. The summed E-state index contributed by atoms with van der Waals surface area (Å²) in [6.07, 6.45) is -0.537. The Balaban J connectivity index is 1.60. The van der Waals surface area contributed by atoms with E-state index in [0.29, 0.717) is 16.3 Å². The lowest BCUT2D eigenvalue weighted by Gasteiger charge is -2.45. The van der Waals surface area contributed by atoms with Crippen LogP contribution in [-0.2, 0) is 0 Å². The molecule has 1 saturated heterocycles. The van der Waals surface area contributed by atoms with E-state index in [0.717, 1.165) is 25.3 Å². The molecule has 3 aromatic carbocycles. The number of aryl methyl sites for hydroxylation is 1. The van der Waals surface area contributed by atoms with Gasteiger partial charge >= 0.3 is 0 Å². The Morgan fingerprint density at radius 1 is 1.06 bits per heavy atom. The van der Waals surface area contributed by atoms with Gasteiger partial charge in [-0.05, 0) is 56.2 Å². The molecule has 1 fully saturated rings. The first kappa shape index (κ1) is 25.1. The topological polar surface area (TPSA) is 59.7 Å². The number of halogens is 1. The van der Waals surface area contributed by atoms with Gasteiger partial charge in [-0.3, -0.25) is 4.90 Å². The number of nitriles is 1. The molecule has 1 N–H and O–H groups in total. The van der Waals surface area contributed by atoms with E-state index < -0.39 is 6.10 Å². The number of aliphatic hydroxyl groups is 1. The Hall–Kier alpha value is -3.04. The molecule has 1 aliphatic rings. The molecule has 0 radical (unpaired) electrons. The first-order valence-corrected chi connectivity index (χ1v) is 12.4. The van der Waals surface area contributed by atoms with E-state index in [-0.39, 0.29) is 18.7 Å². The fraction of sp³-hybridized carbons (Fsp3) is 0.345.